The normalized spacial score (nSPS) is 37.5. The van der Waals surface area contributed by atoms with E-state index in [0.29, 0.717) is 12.0 Å². The van der Waals surface area contributed by atoms with Gasteiger partial charge in [0.05, 0.1) is 6.10 Å². The summed E-state index contributed by atoms with van der Waals surface area (Å²) in [4.78, 5) is 0. The molecule has 2 fully saturated rings. The van der Waals surface area contributed by atoms with Gasteiger partial charge < -0.3 is 10.1 Å². The Morgan fingerprint density at radius 1 is 1.37 bits per heavy atom. The number of nitrogens with one attached hydrogen (secondary N) is 1. The third-order valence-corrected chi connectivity index (χ3v) is 4.97. The van der Waals surface area contributed by atoms with E-state index in [2.05, 4.69) is 31.3 Å². The van der Waals surface area contributed by atoms with E-state index in [4.69, 9.17) is 16.3 Å². The molecule has 2 heterocycles. The Morgan fingerprint density at radius 3 is 2.79 bits per heavy atom. The van der Waals surface area contributed by atoms with Crippen molar-refractivity contribution in [1.29, 1.82) is 0 Å². The van der Waals surface area contributed by atoms with Gasteiger partial charge in [-0.05, 0) is 50.8 Å². The van der Waals surface area contributed by atoms with Crippen LogP contribution >= 0.6 is 11.6 Å². The van der Waals surface area contributed by atoms with Crippen LogP contribution in [0.3, 0.4) is 0 Å². The molecule has 0 radical (unpaired) electrons. The molecule has 2 aliphatic rings. The van der Waals surface area contributed by atoms with E-state index < -0.39 is 0 Å². The lowest BCUT2D eigenvalue weighted by atomic mass is 9.77. The van der Waals surface area contributed by atoms with E-state index in [-0.39, 0.29) is 11.6 Å². The molecule has 0 aliphatic carbocycles. The minimum absolute atomic E-state index is 0.128. The van der Waals surface area contributed by atoms with Gasteiger partial charge in [-0.15, -0.1) is 0 Å². The van der Waals surface area contributed by atoms with E-state index in [1.54, 1.807) is 0 Å². The standard InChI is InChI=1S/C16H22ClNO/c1-3-19-15-14(11-4-6-12(17)7-5-11)10-13-8-9-16(15,2)18-13/h4-7,13-15,18H,3,8-10H2,1-2H3/t13-,14-,15+,16+/m0/s1. The Hall–Kier alpha value is -0.570. The van der Waals surface area contributed by atoms with Gasteiger partial charge in [0.25, 0.3) is 0 Å². The lowest BCUT2D eigenvalue weighted by Gasteiger charge is -2.44. The highest BCUT2D eigenvalue weighted by atomic mass is 35.5. The van der Waals surface area contributed by atoms with Gasteiger partial charge in [-0.25, -0.2) is 0 Å². The largest absolute Gasteiger partial charge is 0.376 e. The SMILES string of the molecule is CCO[C@@H]1[C@H](c2ccc(Cl)cc2)C[C@@H]2CC[C@@]1(C)N2. The van der Waals surface area contributed by atoms with Crippen LogP contribution in [0.25, 0.3) is 0 Å². The molecule has 0 saturated carbocycles. The van der Waals surface area contributed by atoms with E-state index in [0.717, 1.165) is 11.6 Å². The number of hydrogen-bond acceptors (Lipinski definition) is 2. The van der Waals surface area contributed by atoms with Crippen LogP contribution in [0.5, 0.6) is 0 Å². The first kappa shape index (κ1) is 13.4. The summed E-state index contributed by atoms with van der Waals surface area (Å²) < 4.78 is 6.12. The number of hydrogen-bond donors (Lipinski definition) is 1. The van der Waals surface area contributed by atoms with Gasteiger partial charge in [0.2, 0.25) is 0 Å². The zero-order valence-corrected chi connectivity index (χ0v) is 12.4. The average molecular weight is 280 g/mol. The van der Waals surface area contributed by atoms with Crippen LogP contribution in [-0.4, -0.2) is 24.3 Å². The van der Waals surface area contributed by atoms with Gasteiger partial charge in [-0.3, -0.25) is 0 Å². The second kappa shape index (κ2) is 5.08. The second-order valence-corrected chi connectivity index (χ2v) is 6.50. The quantitative estimate of drug-likeness (QED) is 0.910. The summed E-state index contributed by atoms with van der Waals surface area (Å²) in [7, 11) is 0. The smallest absolute Gasteiger partial charge is 0.0822 e. The Balaban J connectivity index is 1.92. The van der Waals surface area contributed by atoms with Crippen LogP contribution in [0.1, 0.15) is 44.6 Å². The molecule has 1 aromatic rings. The van der Waals surface area contributed by atoms with E-state index in [9.17, 15) is 0 Å². The van der Waals surface area contributed by atoms with Gasteiger partial charge in [0, 0.05) is 29.1 Å². The summed E-state index contributed by atoms with van der Waals surface area (Å²) in [5.41, 5.74) is 1.49. The highest BCUT2D eigenvalue weighted by molar-refractivity contribution is 6.30. The molecule has 0 unspecified atom stereocenters. The number of ether oxygens (including phenoxy) is 1. The van der Waals surface area contributed by atoms with Gasteiger partial charge in [-0.2, -0.15) is 0 Å². The zero-order chi connectivity index (χ0) is 13.5. The van der Waals surface area contributed by atoms with Crippen molar-refractivity contribution in [2.75, 3.05) is 6.61 Å². The number of piperidine rings is 1. The van der Waals surface area contributed by atoms with Gasteiger partial charge in [-0.1, -0.05) is 23.7 Å². The molecule has 0 amide bonds. The van der Waals surface area contributed by atoms with Crippen molar-refractivity contribution in [3.8, 4) is 0 Å². The molecular formula is C16H22ClNO. The first-order valence-electron chi connectivity index (χ1n) is 7.27. The molecule has 104 valence electrons. The van der Waals surface area contributed by atoms with Crippen LogP contribution < -0.4 is 5.32 Å². The van der Waals surface area contributed by atoms with Crippen molar-refractivity contribution in [3.63, 3.8) is 0 Å². The Morgan fingerprint density at radius 2 is 2.11 bits per heavy atom. The highest BCUT2D eigenvalue weighted by Crippen LogP contribution is 2.45. The summed E-state index contributed by atoms with van der Waals surface area (Å²) in [6.45, 7) is 5.18. The Labute approximate surface area is 120 Å². The number of halogens is 1. The molecule has 0 spiro atoms. The van der Waals surface area contributed by atoms with Crippen LogP contribution in [-0.2, 0) is 4.74 Å². The summed E-state index contributed by atoms with van der Waals surface area (Å²) in [5.74, 6) is 0.482. The lowest BCUT2D eigenvalue weighted by molar-refractivity contribution is -0.0316. The molecule has 3 rings (SSSR count). The monoisotopic (exact) mass is 279 g/mol. The third-order valence-electron chi connectivity index (χ3n) is 4.72. The fourth-order valence-corrected chi connectivity index (χ4v) is 3.99. The van der Waals surface area contributed by atoms with Crippen molar-refractivity contribution in [3.05, 3.63) is 34.9 Å². The molecule has 2 aliphatic heterocycles. The number of benzene rings is 1. The first-order valence-corrected chi connectivity index (χ1v) is 7.65. The maximum Gasteiger partial charge on any atom is 0.0822 e. The molecule has 1 aromatic carbocycles. The van der Waals surface area contributed by atoms with Crippen LogP contribution in [0.4, 0.5) is 0 Å². The lowest BCUT2D eigenvalue weighted by Crippen LogP contribution is -2.57. The predicted octanol–water partition coefficient (Wildman–Crippen LogP) is 3.74. The minimum Gasteiger partial charge on any atom is -0.376 e. The summed E-state index contributed by atoms with van der Waals surface area (Å²) >= 11 is 6.00. The molecule has 2 nitrogen and oxygen atoms in total. The summed E-state index contributed by atoms with van der Waals surface area (Å²) in [6.07, 6.45) is 3.91. The zero-order valence-electron chi connectivity index (χ0n) is 11.7. The van der Waals surface area contributed by atoms with Gasteiger partial charge >= 0.3 is 0 Å². The van der Waals surface area contributed by atoms with Crippen molar-refractivity contribution in [1.82, 2.24) is 5.32 Å². The van der Waals surface area contributed by atoms with Gasteiger partial charge in [0.15, 0.2) is 0 Å². The molecule has 19 heavy (non-hydrogen) atoms. The van der Waals surface area contributed by atoms with Crippen LogP contribution in [0, 0.1) is 0 Å². The molecule has 0 aromatic heterocycles. The maximum absolute atomic E-state index is 6.12. The van der Waals surface area contributed by atoms with E-state index in [1.165, 1.54) is 24.8 Å². The van der Waals surface area contributed by atoms with Crippen LogP contribution in [0.15, 0.2) is 24.3 Å². The fourth-order valence-electron chi connectivity index (χ4n) is 3.86. The van der Waals surface area contributed by atoms with Crippen molar-refractivity contribution < 1.29 is 4.74 Å². The highest BCUT2D eigenvalue weighted by Gasteiger charge is 2.50. The van der Waals surface area contributed by atoms with E-state index in [1.807, 2.05) is 12.1 Å². The van der Waals surface area contributed by atoms with Crippen molar-refractivity contribution in [2.45, 2.75) is 56.7 Å². The van der Waals surface area contributed by atoms with Gasteiger partial charge in [0.1, 0.15) is 0 Å². The Bertz CT molecular complexity index is 447. The molecule has 3 heteroatoms. The Kier molecular flexibility index (Phi) is 3.59. The third kappa shape index (κ3) is 2.42. The first-order chi connectivity index (χ1) is 9.12. The molecule has 2 bridgehead atoms. The topological polar surface area (TPSA) is 21.3 Å². The van der Waals surface area contributed by atoms with Crippen LogP contribution in [0.2, 0.25) is 5.02 Å². The fraction of sp³-hybridized carbons (Fsp3) is 0.625. The minimum atomic E-state index is 0.128. The maximum atomic E-state index is 6.12. The summed E-state index contributed by atoms with van der Waals surface area (Å²) in [6, 6.07) is 8.95. The summed E-state index contributed by atoms with van der Waals surface area (Å²) in [5, 5.41) is 4.57. The number of rotatable bonds is 3. The molecule has 1 N–H and O–H groups in total. The molecular weight excluding hydrogens is 258 g/mol. The second-order valence-electron chi connectivity index (χ2n) is 6.07. The van der Waals surface area contributed by atoms with Crippen molar-refractivity contribution >= 4 is 11.6 Å². The molecule has 4 atom stereocenters. The van der Waals surface area contributed by atoms with Crippen molar-refractivity contribution in [2.24, 2.45) is 0 Å². The van der Waals surface area contributed by atoms with E-state index >= 15 is 0 Å². The average Bonchev–Trinajstić information content (AvgIpc) is 2.72. The number of fused-ring (bicyclic) bond motifs is 2. The molecule has 2 saturated heterocycles. The predicted molar refractivity (Wildman–Crippen MR) is 78.8 cm³/mol.